The van der Waals surface area contributed by atoms with Gasteiger partial charge in [-0.1, -0.05) is 28.9 Å². The average Bonchev–Trinajstić information content (AvgIpc) is 2.63. The smallest absolute Gasteiger partial charge is 0.0782 e. The molecule has 0 fully saturated rings. The number of rotatable bonds is 3. The third-order valence-corrected chi connectivity index (χ3v) is 3.96. The molecule has 0 saturated heterocycles. The molecule has 0 aliphatic carbocycles. The summed E-state index contributed by atoms with van der Waals surface area (Å²) < 4.78 is 2.92. The minimum atomic E-state index is -0.517. The van der Waals surface area contributed by atoms with Gasteiger partial charge in [-0.3, -0.25) is 0 Å². The molecule has 2 aromatic rings. The van der Waals surface area contributed by atoms with E-state index in [9.17, 15) is 5.11 Å². The Morgan fingerprint density at radius 3 is 2.58 bits per heavy atom. The number of aromatic nitrogens is 2. The molecule has 4 heteroatoms. The summed E-state index contributed by atoms with van der Waals surface area (Å²) in [5.41, 5.74) is 5.29. The number of hydrogen-bond donors (Lipinski definition) is 1. The zero-order valence-electron chi connectivity index (χ0n) is 11.7. The summed E-state index contributed by atoms with van der Waals surface area (Å²) in [7, 11) is 0. The van der Waals surface area contributed by atoms with Gasteiger partial charge in [0.2, 0.25) is 0 Å². The van der Waals surface area contributed by atoms with Gasteiger partial charge in [0.25, 0.3) is 0 Å². The van der Waals surface area contributed by atoms with Gasteiger partial charge in [-0.2, -0.15) is 5.10 Å². The molecule has 0 bridgehead atoms. The van der Waals surface area contributed by atoms with Crippen molar-refractivity contribution in [2.75, 3.05) is 0 Å². The van der Waals surface area contributed by atoms with Gasteiger partial charge in [-0.05, 0) is 44.9 Å². The molecule has 1 aromatic heterocycles. The summed E-state index contributed by atoms with van der Waals surface area (Å²) in [4.78, 5) is 0. The minimum absolute atomic E-state index is 0.517. The number of halogens is 1. The Morgan fingerprint density at radius 1 is 1.37 bits per heavy atom. The lowest BCUT2D eigenvalue weighted by molar-refractivity contribution is 0.199. The molecule has 0 amide bonds. The number of aliphatic hydroxyl groups excluding tert-OH is 1. The van der Waals surface area contributed by atoms with Gasteiger partial charge in [-0.15, -0.1) is 0 Å². The molecule has 1 atom stereocenters. The molecule has 0 saturated carbocycles. The second-order valence-electron chi connectivity index (χ2n) is 4.79. The van der Waals surface area contributed by atoms with Gasteiger partial charge in [0.05, 0.1) is 17.5 Å². The molecule has 19 heavy (non-hydrogen) atoms. The Labute approximate surface area is 122 Å². The maximum absolute atomic E-state index is 9.92. The van der Waals surface area contributed by atoms with Crippen LogP contribution in [0.5, 0.6) is 0 Å². The van der Waals surface area contributed by atoms with Gasteiger partial charge >= 0.3 is 0 Å². The van der Waals surface area contributed by atoms with Gasteiger partial charge in [0.15, 0.2) is 0 Å². The lowest BCUT2D eigenvalue weighted by Crippen LogP contribution is -2.06. The predicted octanol–water partition coefficient (Wildman–Crippen LogP) is 3.87. The summed E-state index contributed by atoms with van der Waals surface area (Å²) in [6.45, 7) is 8.02. The largest absolute Gasteiger partial charge is 0.389 e. The highest BCUT2D eigenvalue weighted by Crippen LogP contribution is 2.27. The Morgan fingerprint density at radius 2 is 2.05 bits per heavy atom. The topological polar surface area (TPSA) is 38.0 Å². The second kappa shape index (κ2) is 5.47. The third kappa shape index (κ3) is 2.60. The molecule has 2 rings (SSSR count). The molecule has 3 nitrogen and oxygen atoms in total. The summed E-state index contributed by atoms with van der Waals surface area (Å²) >= 11 is 3.49. The highest BCUT2D eigenvalue weighted by molar-refractivity contribution is 9.10. The quantitative estimate of drug-likeness (QED) is 0.931. The van der Waals surface area contributed by atoms with Crippen LogP contribution in [0, 0.1) is 13.8 Å². The molecule has 0 spiro atoms. The van der Waals surface area contributed by atoms with Crippen molar-refractivity contribution < 1.29 is 5.11 Å². The fraction of sp³-hybridized carbons (Fsp3) is 0.400. The van der Waals surface area contributed by atoms with Crippen LogP contribution in [0.2, 0.25) is 0 Å². The summed E-state index contributed by atoms with van der Waals surface area (Å²) in [6.07, 6.45) is 0.451. The maximum atomic E-state index is 9.92. The van der Waals surface area contributed by atoms with Crippen molar-refractivity contribution in [2.24, 2.45) is 0 Å². The number of aryl methyl sites for hydroxylation is 1. The summed E-state index contributed by atoms with van der Waals surface area (Å²) in [5.74, 6) is 0. The van der Waals surface area contributed by atoms with E-state index in [2.05, 4.69) is 34.9 Å². The molecule has 0 radical (unpaired) electrons. The van der Waals surface area contributed by atoms with Crippen LogP contribution < -0.4 is 0 Å². The van der Waals surface area contributed by atoms with Gasteiger partial charge < -0.3 is 5.11 Å². The van der Waals surface area contributed by atoms with Crippen molar-refractivity contribution in [2.45, 2.75) is 40.2 Å². The Bertz CT molecular complexity index is 602. The molecule has 1 unspecified atom stereocenters. The number of nitrogens with zero attached hydrogens (tertiary/aromatic N) is 2. The number of benzene rings is 1. The normalized spacial score (nSPS) is 12.7. The Balaban J connectivity index is 2.68. The van der Waals surface area contributed by atoms with E-state index >= 15 is 0 Å². The zero-order chi connectivity index (χ0) is 14.2. The average molecular weight is 323 g/mol. The van der Waals surface area contributed by atoms with Crippen LogP contribution in [0.4, 0.5) is 0 Å². The fourth-order valence-electron chi connectivity index (χ4n) is 2.47. The molecule has 0 aliphatic rings. The molecule has 1 aromatic carbocycles. The first-order chi connectivity index (χ1) is 8.95. The molecular formula is C15H19BrN2O. The molecule has 102 valence electrons. The van der Waals surface area contributed by atoms with E-state index in [1.165, 1.54) is 5.56 Å². The van der Waals surface area contributed by atoms with E-state index in [1.54, 1.807) is 6.92 Å². The van der Waals surface area contributed by atoms with E-state index in [4.69, 9.17) is 0 Å². The van der Waals surface area contributed by atoms with Crippen LogP contribution in [0.1, 0.15) is 42.5 Å². The van der Waals surface area contributed by atoms with E-state index in [-0.39, 0.29) is 0 Å². The van der Waals surface area contributed by atoms with Gasteiger partial charge in [-0.25, -0.2) is 4.68 Å². The van der Waals surface area contributed by atoms with E-state index in [0.29, 0.717) is 0 Å². The lowest BCUT2D eigenvalue weighted by atomic mass is 10.1. The van der Waals surface area contributed by atoms with Crippen molar-refractivity contribution >= 4 is 15.9 Å². The van der Waals surface area contributed by atoms with Crippen LogP contribution in [0.15, 0.2) is 22.7 Å². The molecule has 1 N–H and O–H groups in total. The molecular weight excluding hydrogens is 304 g/mol. The maximum Gasteiger partial charge on any atom is 0.0782 e. The number of aliphatic hydroxyl groups is 1. The van der Waals surface area contributed by atoms with Crippen LogP contribution in [0.3, 0.4) is 0 Å². The first-order valence-corrected chi connectivity index (χ1v) is 7.28. The fourth-order valence-corrected chi connectivity index (χ4v) is 2.82. The van der Waals surface area contributed by atoms with Crippen LogP contribution in [-0.2, 0) is 6.42 Å². The lowest BCUT2D eigenvalue weighted by Gasteiger charge is -2.14. The third-order valence-electron chi connectivity index (χ3n) is 3.47. The summed E-state index contributed by atoms with van der Waals surface area (Å²) in [6, 6.07) is 5.88. The van der Waals surface area contributed by atoms with Crippen LogP contribution in [-0.4, -0.2) is 14.9 Å². The van der Waals surface area contributed by atoms with E-state index < -0.39 is 6.10 Å². The van der Waals surface area contributed by atoms with Crippen molar-refractivity contribution in [1.82, 2.24) is 9.78 Å². The highest BCUT2D eigenvalue weighted by atomic mass is 79.9. The SMILES string of the molecule is CCc1c(C)nn(-c2cc(Br)ccc2C(C)O)c1C. The van der Waals surface area contributed by atoms with Crippen molar-refractivity contribution in [3.63, 3.8) is 0 Å². The Hall–Kier alpha value is -1.13. The number of hydrogen-bond acceptors (Lipinski definition) is 2. The minimum Gasteiger partial charge on any atom is -0.389 e. The monoisotopic (exact) mass is 322 g/mol. The van der Waals surface area contributed by atoms with Crippen molar-refractivity contribution in [3.8, 4) is 5.69 Å². The molecule has 0 aliphatic heterocycles. The van der Waals surface area contributed by atoms with E-state index in [0.717, 1.165) is 33.5 Å². The van der Waals surface area contributed by atoms with Crippen molar-refractivity contribution in [3.05, 3.63) is 45.2 Å². The zero-order valence-corrected chi connectivity index (χ0v) is 13.3. The Kier molecular flexibility index (Phi) is 4.11. The van der Waals surface area contributed by atoms with Gasteiger partial charge in [0.1, 0.15) is 0 Å². The van der Waals surface area contributed by atoms with Crippen LogP contribution >= 0.6 is 15.9 Å². The highest BCUT2D eigenvalue weighted by Gasteiger charge is 2.16. The first kappa shape index (κ1) is 14.3. The van der Waals surface area contributed by atoms with Crippen LogP contribution in [0.25, 0.3) is 5.69 Å². The molecule has 1 heterocycles. The first-order valence-electron chi connectivity index (χ1n) is 6.48. The predicted molar refractivity (Wildman–Crippen MR) is 80.7 cm³/mol. The standard InChI is InChI=1S/C15H19BrN2O/c1-5-13-9(2)17-18(10(13)3)15-8-12(16)6-7-14(15)11(4)19/h6-8,11,19H,5H2,1-4H3. The van der Waals surface area contributed by atoms with Crippen molar-refractivity contribution in [1.29, 1.82) is 0 Å². The summed E-state index contributed by atoms with van der Waals surface area (Å²) in [5, 5.41) is 14.5. The van der Waals surface area contributed by atoms with E-state index in [1.807, 2.05) is 29.8 Å². The second-order valence-corrected chi connectivity index (χ2v) is 5.71. The van der Waals surface area contributed by atoms with Gasteiger partial charge in [0, 0.05) is 15.7 Å².